The molecule has 325 valence electrons. The second kappa shape index (κ2) is 18.6. The summed E-state index contributed by atoms with van der Waals surface area (Å²) < 4.78 is 0. The Balaban J connectivity index is 0.000000359. The van der Waals surface area contributed by atoms with Crippen LogP contribution in [0, 0.1) is 6.67 Å². The SMILES string of the molecule is CC(C)c1cccc(C(C)C)c1N1[CH-]N(c2c(-c3ccccc3)cccc2-c2ccccc2)C(c2cc(C(C)(C)C)cc(C(C)(C)C)c2)=N1.[Au].c1ccc2c(c1)[n-]c1ccccc12. The molecule has 9 rings (SSSR count). The zero-order valence-electron chi connectivity index (χ0n) is 38.4. The maximum absolute atomic E-state index is 5.61. The number of amidine groups is 1. The molecule has 0 unspecified atom stereocenters. The van der Waals surface area contributed by atoms with Crippen LogP contribution in [-0.2, 0) is 33.2 Å². The van der Waals surface area contributed by atoms with Crippen molar-refractivity contribution in [1.29, 1.82) is 0 Å². The van der Waals surface area contributed by atoms with Gasteiger partial charge in [0, 0.05) is 50.4 Å². The Kier molecular flexibility index (Phi) is 13.4. The molecule has 0 atom stereocenters. The van der Waals surface area contributed by atoms with Crippen LogP contribution in [0.2, 0.25) is 0 Å². The number of aromatic nitrogens is 1. The molecule has 0 amide bonds. The predicted octanol–water partition coefficient (Wildman–Crippen LogP) is 15.6. The predicted molar refractivity (Wildman–Crippen MR) is 266 cm³/mol. The normalized spacial score (nSPS) is 13.0. The Morgan fingerprint density at radius 1 is 0.476 bits per heavy atom. The van der Waals surface area contributed by atoms with E-state index in [1.54, 1.807) is 0 Å². The summed E-state index contributed by atoms with van der Waals surface area (Å²) in [6.07, 6.45) is 0. The van der Waals surface area contributed by atoms with Crippen LogP contribution in [0.4, 0.5) is 11.4 Å². The van der Waals surface area contributed by atoms with Gasteiger partial charge in [0.1, 0.15) is 5.84 Å². The minimum Gasteiger partial charge on any atom is -0.657 e. The molecule has 2 heterocycles. The van der Waals surface area contributed by atoms with E-state index < -0.39 is 0 Å². The van der Waals surface area contributed by atoms with Crippen LogP contribution in [0.15, 0.2) is 169 Å². The van der Waals surface area contributed by atoms with Crippen molar-refractivity contribution in [3.05, 3.63) is 198 Å². The molecule has 0 fully saturated rings. The maximum Gasteiger partial charge on any atom is 0.129 e. The summed E-state index contributed by atoms with van der Waals surface area (Å²) in [4.78, 5) is 6.88. The summed E-state index contributed by atoms with van der Waals surface area (Å²) in [5.74, 6) is 1.59. The van der Waals surface area contributed by atoms with Crippen molar-refractivity contribution in [3.8, 4) is 22.3 Å². The van der Waals surface area contributed by atoms with Crippen LogP contribution in [0.3, 0.4) is 0 Å². The third-order valence-electron chi connectivity index (χ3n) is 11.9. The van der Waals surface area contributed by atoms with Gasteiger partial charge in [-0.2, -0.15) is 5.10 Å². The van der Waals surface area contributed by atoms with Crippen LogP contribution in [0.25, 0.3) is 44.1 Å². The molecule has 4 nitrogen and oxygen atoms in total. The first-order valence-electron chi connectivity index (χ1n) is 22.1. The summed E-state index contributed by atoms with van der Waals surface area (Å²) in [6.45, 7) is 25.2. The molecule has 1 aliphatic rings. The van der Waals surface area contributed by atoms with E-state index in [0.717, 1.165) is 39.2 Å². The van der Waals surface area contributed by atoms with Crippen LogP contribution in [-0.4, -0.2) is 5.84 Å². The van der Waals surface area contributed by atoms with E-state index in [9.17, 15) is 0 Å². The molecule has 0 saturated heterocycles. The second-order valence-electron chi connectivity index (χ2n) is 19.2. The van der Waals surface area contributed by atoms with Gasteiger partial charge >= 0.3 is 0 Å². The molecule has 8 aromatic rings. The van der Waals surface area contributed by atoms with Gasteiger partial charge in [0.25, 0.3) is 0 Å². The van der Waals surface area contributed by atoms with Crippen molar-refractivity contribution in [2.75, 3.05) is 9.91 Å². The molecule has 5 heteroatoms. The summed E-state index contributed by atoms with van der Waals surface area (Å²) in [6, 6.07) is 58.5. The number of anilines is 2. The van der Waals surface area contributed by atoms with Crippen molar-refractivity contribution in [3.63, 3.8) is 0 Å². The third kappa shape index (κ3) is 9.50. The molecule has 1 radical (unpaired) electrons. The minimum atomic E-state index is -0.0321. The van der Waals surface area contributed by atoms with Gasteiger partial charge in [-0.25, -0.2) is 0 Å². The Bertz CT molecular complexity index is 2690. The smallest absolute Gasteiger partial charge is 0.129 e. The topological polar surface area (TPSA) is 32.9 Å². The zero-order valence-corrected chi connectivity index (χ0v) is 40.6. The largest absolute Gasteiger partial charge is 0.657 e. The molecule has 1 aromatic heterocycles. The summed E-state index contributed by atoms with van der Waals surface area (Å²) in [7, 11) is 0. The quantitative estimate of drug-likeness (QED) is 0.118. The van der Waals surface area contributed by atoms with E-state index in [4.69, 9.17) is 5.10 Å². The molecule has 0 spiro atoms. The Morgan fingerprint density at radius 2 is 0.905 bits per heavy atom. The molecule has 0 aliphatic carbocycles. The van der Waals surface area contributed by atoms with Gasteiger partial charge in [0.05, 0.1) is 0 Å². The molecule has 0 saturated carbocycles. The number of benzene rings is 7. The molecule has 7 aromatic carbocycles. The average molecular weight is 1010 g/mol. The van der Waals surface area contributed by atoms with Crippen molar-refractivity contribution in [1.82, 2.24) is 4.98 Å². The third-order valence-corrected chi connectivity index (χ3v) is 11.9. The van der Waals surface area contributed by atoms with Gasteiger partial charge in [-0.1, -0.05) is 221 Å². The fourth-order valence-electron chi connectivity index (χ4n) is 8.44. The summed E-state index contributed by atoms with van der Waals surface area (Å²) >= 11 is 0. The number of para-hydroxylation sites is 4. The Labute approximate surface area is 391 Å². The number of fused-ring (bicyclic) bond motifs is 3. The van der Waals surface area contributed by atoms with Crippen molar-refractivity contribution in [2.24, 2.45) is 5.10 Å². The molecular weight excluding hydrogens is 950 g/mol. The molecule has 0 N–H and O–H groups in total. The van der Waals surface area contributed by atoms with Crippen LogP contribution in [0.5, 0.6) is 0 Å². The number of hydrogen-bond acceptors (Lipinski definition) is 3. The Morgan fingerprint density at radius 3 is 1.35 bits per heavy atom. The van der Waals surface area contributed by atoms with Gasteiger partial charge in [0.15, 0.2) is 0 Å². The van der Waals surface area contributed by atoms with Crippen molar-refractivity contribution >= 4 is 39.0 Å². The van der Waals surface area contributed by atoms with E-state index >= 15 is 0 Å². The molecular formula is C58H60AuN4-2. The molecule has 63 heavy (non-hydrogen) atoms. The second-order valence-corrected chi connectivity index (χ2v) is 19.2. The van der Waals surface area contributed by atoms with E-state index in [1.807, 2.05) is 12.1 Å². The van der Waals surface area contributed by atoms with Crippen LogP contribution in [0.1, 0.15) is 109 Å². The minimum absolute atomic E-state index is 0. The van der Waals surface area contributed by atoms with E-state index in [-0.39, 0.29) is 33.2 Å². The maximum atomic E-state index is 5.61. The van der Waals surface area contributed by atoms with Crippen molar-refractivity contribution < 1.29 is 22.4 Å². The first-order valence-corrected chi connectivity index (χ1v) is 22.1. The van der Waals surface area contributed by atoms with Gasteiger partial charge in [-0.3, -0.25) is 0 Å². The number of nitrogens with zero attached hydrogens (tertiary/aromatic N) is 4. The average Bonchev–Trinajstić information content (AvgIpc) is 3.88. The molecule has 0 bridgehead atoms. The van der Waals surface area contributed by atoms with Gasteiger partial charge in [0.2, 0.25) is 0 Å². The van der Waals surface area contributed by atoms with E-state index in [0.29, 0.717) is 11.8 Å². The standard InChI is InChI=1S/C46H52N3.C12H8N.Au/c1-31(2)38-23-17-24-39(32(3)4)43(38)49-30-48(44(47-49)35-27-36(45(5,6)7)29-37(28-35)46(8,9)10)42-40(33-19-13-11-14-20-33)25-18-26-41(42)34-21-15-12-16-22-34;1-3-7-11-9(5-1)10-6-2-4-8-12(10)13-11;/h11-32H,1-10H3;1-8H;/q2*-1;. The summed E-state index contributed by atoms with van der Waals surface area (Å²) in [5, 5.41) is 10.3. The van der Waals surface area contributed by atoms with Crippen LogP contribution >= 0.6 is 0 Å². The Hall–Kier alpha value is -5.65. The van der Waals surface area contributed by atoms with Crippen molar-refractivity contribution in [2.45, 2.75) is 91.9 Å². The van der Waals surface area contributed by atoms with E-state index in [2.05, 4.69) is 242 Å². The fraction of sp³-hybridized carbons (Fsp3) is 0.241. The van der Waals surface area contributed by atoms with Gasteiger partial charge in [-0.15, -0.1) is 17.7 Å². The van der Waals surface area contributed by atoms with Crippen LogP contribution < -0.4 is 14.9 Å². The van der Waals surface area contributed by atoms with Gasteiger partial charge in [-0.05, 0) is 79.0 Å². The molecule has 1 aliphatic heterocycles. The van der Waals surface area contributed by atoms with Gasteiger partial charge < -0.3 is 14.9 Å². The first kappa shape index (κ1) is 45.4. The zero-order chi connectivity index (χ0) is 43.8. The number of rotatable bonds is 7. The van der Waals surface area contributed by atoms with E-state index in [1.165, 1.54) is 49.8 Å². The number of hydrazone groups is 1. The first-order chi connectivity index (χ1) is 29.7. The summed E-state index contributed by atoms with van der Waals surface area (Å²) in [5.41, 5.74) is 15.4. The monoisotopic (exact) mass is 1010 g/mol. The fourth-order valence-corrected chi connectivity index (χ4v) is 8.44. The number of hydrogen-bond donors (Lipinski definition) is 0.